The normalized spacial score (nSPS) is 10.7. The number of anilines is 1. The Labute approximate surface area is 189 Å². The number of ether oxygens (including phenoxy) is 1. The van der Waals surface area contributed by atoms with Crippen LogP contribution in [0.15, 0.2) is 65.1 Å². The van der Waals surface area contributed by atoms with Gasteiger partial charge in [0, 0.05) is 16.1 Å². The molecular formula is C23H18ClN3O3S. The third kappa shape index (κ3) is 4.52. The van der Waals surface area contributed by atoms with Gasteiger partial charge in [0.25, 0.3) is 5.91 Å². The standard InChI is InChI=1S/C23H18ClN3O3S/c1-13-7-8-14(11-16(13)24)21(28)27-23(31)26-18-12-15(9-10-19(18)29-2)22-25-17-5-3-4-6-20(17)30-22/h3-12H,1-2H3,(H2,26,27,28,31). The molecule has 4 aromatic rings. The van der Waals surface area contributed by atoms with Crippen molar-refractivity contribution in [3.8, 4) is 17.2 Å². The first-order chi connectivity index (χ1) is 14.9. The number of rotatable bonds is 4. The lowest BCUT2D eigenvalue weighted by Crippen LogP contribution is -2.34. The number of carbonyl (C=O) groups is 1. The van der Waals surface area contributed by atoms with Crippen LogP contribution in [-0.4, -0.2) is 23.1 Å². The first kappa shape index (κ1) is 20.8. The third-order valence-corrected chi connectivity index (χ3v) is 5.26. The van der Waals surface area contributed by atoms with Gasteiger partial charge in [0.2, 0.25) is 5.89 Å². The number of oxazole rings is 1. The summed E-state index contributed by atoms with van der Waals surface area (Å²) < 4.78 is 11.2. The van der Waals surface area contributed by atoms with Crippen molar-refractivity contribution in [2.75, 3.05) is 12.4 Å². The number of methoxy groups -OCH3 is 1. The lowest BCUT2D eigenvalue weighted by Gasteiger charge is -2.14. The van der Waals surface area contributed by atoms with Crippen LogP contribution in [0.1, 0.15) is 15.9 Å². The summed E-state index contributed by atoms with van der Waals surface area (Å²) in [5, 5.41) is 6.29. The Kier molecular flexibility index (Phi) is 5.88. The van der Waals surface area contributed by atoms with E-state index in [1.807, 2.05) is 37.3 Å². The zero-order chi connectivity index (χ0) is 22.0. The second-order valence-electron chi connectivity index (χ2n) is 6.77. The Morgan fingerprint density at radius 1 is 1.13 bits per heavy atom. The molecule has 0 aliphatic rings. The fourth-order valence-electron chi connectivity index (χ4n) is 3.00. The summed E-state index contributed by atoms with van der Waals surface area (Å²) in [5.41, 5.74) is 4.06. The Morgan fingerprint density at radius 3 is 2.68 bits per heavy atom. The number of amides is 1. The monoisotopic (exact) mass is 451 g/mol. The molecule has 0 spiro atoms. The molecule has 3 aromatic carbocycles. The highest BCUT2D eigenvalue weighted by Crippen LogP contribution is 2.32. The molecule has 0 atom stereocenters. The average Bonchev–Trinajstić information content (AvgIpc) is 3.20. The number of nitrogens with one attached hydrogen (secondary N) is 2. The van der Waals surface area contributed by atoms with E-state index in [1.165, 1.54) is 0 Å². The van der Waals surface area contributed by atoms with Crippen LogP contribution < -0.4 is 15.4 Å². The van der Waals surface area contributed by atoms with E-state index in [0.717, 1.165) is 16.6 Å². The number of carbonyl (C=O) groups excluding carboxylic acids is 1. The van der Waals surface area contributed by atoms with Crippen molar-refractivity contribution >= 4 is 51.6 Å². The van der Waals surface area contributed by atoms with E-state index in [-0.39, 0.29) is 11.0 Å². The summed E-state index contributed by atoms with van der Waals surface area (Å²) in [6.07, 6.45) is 0. The lowest BCUT2D eigenvalue weighted by molar-refractivity contribution is 0.0977. The number of aryl methyl sites for hydroxylation is 1. The highest BCUT2D eigenvalue weighted by molar-refractivity contribution is 7.80. The van der Waals surface area contributed by atoms with Crippen molar-refractivity contribution in [1.29, 1.82) is 0 Å². The van der Waals surface area contributed by atoms with E-state index in [9.17, 15) is 4.79 Å². The van der Waals surface area contributed by atoms with Crippen LogP contribution in [0.25, 0.3) is 22.6 Å². The molecule has 1 heterocycles. The summed E-state index contributed by atoms with van der Waals surface area (Å²) in [6.45, 7) is 1.87. The number of nitrogens with zero attached hydrogens (tertiary/aromatic N) is 1. The fourth-order valence-corrected chi connectivity index (χ4v) is 3.38. The van der Waals surface area contributed by atoms with Crippen molar-refractivity contribution in [1.82, 2.24) is 10.3 Å². The first-order valence-corrected chi connectivity index (χ1v) is 10.2. The number of halogens is 1. The molecule has 2 N–H and O–H groups in total. The van der Waals surface area contributed by atoms with Crippen LogP contribution in [0.3, 0.4) is 0 Å². The number of para-hydroxylation sites is 2. The van der Waals surface area contributed by atoms with E-state index in [0.29, 0.717) is 33.5 Å². The second-order valence-corrected chi connectivity index (χ2v) is 7.59. The number of hydrogen-bond acceptors (Lipinski definition) is 5. The Bertz CT molecular complexity index is 1270. The highest BCUT2D eigenvalue weighted by atomic mass is 35.5. The van der Waals surface area contributed by atoms with Gasteiger partial charge in [-0.3, -0.25) is 10.1 Å². The second kappa shape index (κ2) is 8.75. The maximum Gasteiger partial charge on any atom is 0.257 e. The maximum absolute atomic E-state index is 12.5. The quantitative estimate of drug-likeness (QED) is 0.394. The summed E-state index contributed by atoms with van der Waals surface area (Å²) in [6, 6.07) is 18.0. The minimum Gasteiger partial charge on any atom is -0.495 e. The maximum atomic E-state index is 12.5. The first-order valence-electron chi connectivity index (χ1n) is 9.37. The van der Waals surface area contributed by atoms with Gasteiger partial charge in [0.15, 0.2) is 10.7 Å². The van der Waals surface area contributed by atoms with E-state index < -0.39 is 0 Å². The minimum atomic E-state index is -0.367. The SMILES string of the molecule is COc1ccc(-c2nc3ccccc3o2)cc1NC(=S)NC(=O)c1ccc(C)c(Cl)c1. The van der Waals surface area contributed by atoms with Gasteiger partial charge in [-0.1, -0.05) is 29.8 Å². The van der Waals surface area contributed by atoms with Crippen LogP contribution in [0.5, 0.6) is 5.75 Å². The number of benzene rings is 3. The van der Waals surface area contributed by atoms with Gasteiger partial charge in [-0.05, 0) is 67.2 Å². The molecule has 1 amide bonds. The van der Waals surface area contributed by atoms with Gasteiger partial charge in [-0.2, -0.15) is 0 Å². The Balaban J connectivity index is 1.55. The van der Waals surface area contributed by atoms with E-state index in [2.05, 4.69) is 15.6 Å². The molecular weight excluding hydrogens is 434 g/mol. The van der Waals surface area contributed by atoms with E-state index >= 15 is 0 Å². The van der Waals surface area contributed by atoms with Crippen molar-refractivity contribution < 1.29 is 13.9 Å². The zero-order valence-corrected chi connectivity index (χ0v) is 18.3. The molecule has 8 heteroatoms. The number of thiocarbonyl (C=S) groups is 1. The molecule has 0 fully saturated rings. The fraction of sp³-hybridized carbons (Fsp3) is 0.0870. The minimum absolute atomic E-state index is 0.120. The molecule has 0 unspecified atom stereocenters. The molecule has 0 radical (unpaired) electrons. The highest BCUT2D eigenvalue weighted by Gasteiger charge is 2.14. The smallest absolute Gasteiger partial charge is 0.257 e. The molecule has 0 bridgehead atoms. The predicted molar refractivity (Wildman–Crippen MR) is 126 cm³/mol. The van der Waals surface area contributed by atoms with Gasteiger partial charge in [0.1, 0.15) is 11.3 Å². The van der Waals surface area contributed by atoms with Crippen LogP contribution >= 0.6 is 23.8 Å². The van der Waals surface area contributed by atoms with Crippen molar-refractivity contribution in [2.45, 2.75) is 6.92 Å². The largest absolute Gasteiger partial charge is 0.495 e. The molecule has 0 aliphatic heterocycles. The van der Waals surface area contributed by atoms with Crippen LogP contribution in [0, 0.1) is 6.92 Å². The molecule has 0 aliphatic carbocycles. The van der Waals surface area contributed by atoms with Crippen molar-refractivity contribution in [3.63, 3.8) is 0 Å². The van der Waals surface area contributed by atoms with E-state index in [4.69, 9.17) is 33.0 Å². The molecule has 31 heavy (non-hydrogen) atoms. The third-order valence-electron chi connectivity index (χ3n) is 4.65. The summed E-state index contributed by atoms with van der Waals surface area (Å²) >= 11 is 11.4. The zero-order valence-electron chi connectivity index (χ0n) is 16.7. The van der Waals surface area contributed by atoms with Crippen LogP contribution in [0.4, 0.5) is 5.69 Å². The number of fused-ring (bicyclic) bond motifs is 1. The predicted octanol–water partition coefficient (Wildman–Crippen LogP) is 5.59. The molecule has 0 saturated carbocycles. The molecule has 156 valence electrons. The van der Waals surface area contributed by atoms with Gasteiger partial charge >= 0.3 is 0 Å². The van der Waals surface area contributed by atoms with Gasteiger partial charge in [-0.15, -0.1) is 0 Å². The molecule has 6 nitrogen and oxygen atoms in total. The summed E-state index contributed by atoms with van der Waals surface area (Å²) in [4.78, 5) is 17.0. The lowest BCUT2D eigenvalue weighted by atomic mass is 10.1. The van der Waals surface area contributed by atoms with Crippen LogP contribution in [-0.2, 0) is 0 Å². The van der Waals surface area contributed by atoms with E-state index in [1.54, 1.807) is 37.4 Å². The summed E-state index contributed by atoms with van der Waals surface area (Å²) in [5.74, 6) is 0.652. The Hall–Kier alpha value is -3.42. The van der Waals surface area contributed by atoms with Gasteiger partial charge < -0.3 is 14.5 Å². The molecule has 0 saturated heterocycles. The number of hydrogen-bond donors (Lipinski definition) is 2. The van der Waals surface area contributed by atoms with Crippen LogP contribution in [0.2, 0.25) is 5.02 Å². The topological polar surface area (TPSA) is 76.4 Å². The Morgan fingerprint density at radius 2 is 1.94 bits per heavy atom. The van der Waals surface area contributed by atoms with Crippen molar-refractivity contribution in [3.05, 3.63) is 76.8 Å². The number of aromatic nitrogens is 1. The van der Waals surface area contributed by atoms with Gasteiger partial charge in [-0.25, -0.2) is 4.98 Å². The molecule has 4 rings (SSSR count). The summed E-state index contributed by atoms with van der Waals surface area (Å²) in [7, 11) is 1.55. The van der Waals surface area contributed by atoms with Crippen molar-refractivity contribution in [2.24, 2.45) is 0 Å². The van der Waals surface area contributed by atoms with Gasteiger partial charge in [0.05, 0.1) is 12.8 Å². The average molecular weight is 452 g/mol. The molecule has 1 aromatic heterocycles.